The highest BCUT2D eigenvalue weighted by molar-refractivity contribution is 5.94. The van der Waals surface area contributed by atoms with E-state index in [-0.39, 0.29) is 24.2 Å². The number of carbonyl (C=O) groups excluding carboxylic acids is 2. The Morgan fingerprint density at radius 3 is 2.42 bits per heavy atom. The second-order valence-electron chi connectivity index (χ2n) is 7.03. The molecule has 5 nitrogen and oxygen atoms in total. The molecule has 1 aromatic carbocycles. The Kier molecular flexibility index (Phi) is 7.70. The number of amides is 2. The van der Waals surface area contributed by atoms with Crippen molar-refractivity contribution in [3.05, 3.63) is 35.4 Å². The average molecular weight is 354 g/mol. The number of carbonyl (C=O) groups is 2. The van der Waals surface area contributed by atoms with E-state index >= 15 is 0 Å². The van der Waals surface area contributed by atoms with E-state index in [2.05, 4.69) is 10.6 Å². The van der Waals surface area contributed by atoms with Crippen LogP contribution in [-0.4, -0.2) is 42.9 Å². The zero-order chi connectivity index (χ0) is 16.9. The molecular weight excluding hydrogens is 326 g/mol. The molecule has 0 radical (unpaired) electrons. The van der Waals surface area contributed by atoms with E-state index in [0.717, 1.165) is 38.2 Å². The van der Waals surface area contributed by atoms with Crippen molar-refractivity contribution in [1.29, 1.82) is 0 Å². The molecule has 0 aliphatic carbocycles. The molecule has 134 valence electrons. The summed E-state index contributed by atoms with van der Waals surface area (Å²) in [7, 11) is 0. The fraction of sp³-hybridized carbons (Fsp3) is 0.556. The van der Waals surface area contributed by atoms with E-state index in [9.17, 15) is 9.59 Å². The largest absolute Gasteiger partial charge is 0.352 e. The zero-order valence-corrected chi connectivity index (χ0v) is 15.5. The number of benzene rings is 1. The quantitative estimate of drug-likeness (QED) is 0.875. The fourth-order valence-corrected chi connectivity index (χ4v) is 2.44. The van der Waals surface area contributed by atoms with Crippen molar-refractivity contribution in [3.8, 4) is 0 Å². The van der Waals surface area contributed by atoms with Gasteiger partial charge in [0.25, 0.3) is 5.91 Å². The highest BCUT2D eigenvalue weighted by Crippen LogP contribution is 2.13. The molecule has 1 fully saturated rings. The van der Waals surface area contributed by atoms with Gasteiger partial charge in [-0.3, -0.25) is 9.59 Å². The maximum absolute atomic E-state index is 12.5. The number of nitrogens with one attached hydrogen (secondary N) is 2. The molecule has 2 amide bonds. The van der Waals surface area contributed by atoms with Crippen LogP contribution in [0.4, 0.5) is 0 Å². The van der Waals surface area contributed by atoms with Crippen LogP contribution in [0.25, 0.3) is 0 Å². The molecular formula is C18H28ClN3O2. The molecule has 0 atom stereocenters. The molecule has 0 aromatic heterocycles. The Bertz CT molecular complexity index is 544. The molecule has 1 aromatic rings. The maximum Gasteiger partial charge on any atom is 0.253 e. The summed E-state index contributed by atoms with van der Waals surface area (Å²) in [5, 5.41) is 6.21. The van der Waals surface area contributed by atoms with E-state index < -0.39 is 5.41 Å². The van der Waals surface area contributed by atoms with Gasteiger partial charge in [-0.05, 0) is 30.7 Å². The SMILES string of the molecule is CC(C)(C)C(=O)NCc1ccc(C(=O)N2CCCNCC2)cc1.Cl. The molecule has 1 heterocycles. The Morgan fingerprint density at radius 2 is 1.79 bits per heavy atom. The molecule has 24 heavy (non-hydrogen) atoms. The van der Waals surface area contributed by atoms with Crippen LogP contribution >= 0.6 is 12.4 Å². The first-order valence-electron chi connectivity index (χ1n) is 8.25. The average Bonchev–Trinajstić information content (AvgIpc) is 2.80. The van der Waals surface area contributed by atoms with Crippen molar-refractivity contribution in [2.45, 2.75) is 33.7 Å². The summed E-state index contributed by atoms with van der Waals surface area (Å²) in [6.07, 6.45) is 0.989. The maximum atomic E-state index is 12.5. The van der Waals surface area contributed by atoms with Gasteiger partial charge < -0.3 is 15.5 Å². The number of rotatable bonds is 3. The summed E-state index contributed by atoms with van der Waals surface area (Å²) in [4.78, 5) is 26.3. The molecule has 2 N–H and O–H groups in total. The molecule has 0 spiro atoms. The summed E-state index contributed by atoms with van der Waals surface area (Å²) in [5.41, 5.74) is 1.31. The van der Waals surface area contributed by atoms with Gasteiger partial charge in [0.1, 0.15) is 0 Å². The Labute approximate surface area is 150 Å². The summed E-state index contributed by atoms with van der Waals surface area (Å²) in [6, 6.07) is 7.51. The summed E-state index contributed by atoms with van der Waals surface area (Å²) in [5.74, 6) is 0.105. The first-order valence-corrected chi connectivity index (χ1v) is 8.25. The topological polar surface area (TPSA) is 61.4 Å². The minimum Gasteiger partial charge on any atom is -0.352 e. The van der Waals surface area contributed by atoms with E-state index in [1.807, 2.05) is 49.9 Å². The van der Waals surface area contributed by atoms with Crippen LogP contribution in [0.2, 0.25) is 0 Å². The minimum atomic E-state index is -0.392. The molecule has 2 rings (SSSR count). The van der Waals surface area contributed by atoms with Gasteiger partial charge in [0, 0.05) is 37.2 Å². The van der Waals surface area contributed by atoms with E-state index in [4.69, 9.17) is 0 Å². The Balaban J connectivity index is 0.00000288. The van der Waals surface area contributed by atoms with Crippen LogP contribution in [0, 0.1) is 5.41 Å². The molecule has 1 saturated heterocycles. The summed E-state index contributed by atoms with van der Waals surface area (Å²) >= 11 is 0. The number of halogens is 1. The van der Waals surface area contributed by atoms with Crippen LogP contribution in [0.3, 0.4) is 0 Å². The van der Waals surface area contributed by atoms with Crippen LogP contribution in [-0.2, 0) is 11.3 Å². The minimum absolute atomic E-state index is 0. The smallest absolute Gasteiger partial charge is 0.253 e. The van der Waals surface area contributed by atoms with Crippen molar-refractivity contribution in [2.75, 3.05) is 26.2 Å². The molecule has 1 aliphatic rings. The van der Waals surface area contributed by atoms with Gasteiger partial charge in [0.05, 0.1) is 0 Å². The van der Waals surface area contributed by atoms with Gasteiger partial charge >= 0.3 is 0 Å². The van der Waals surface area contributed by atoms with Crippen molar-refractivity contribution in [3.63, 3.8) is 0 Å². The lowest BCUT2D eigenvalue weighted by atomic mass is 9.95. The van der Waals surface area contributed by atoms with Gasteiger partial charge in [-0.25, -0.2) is 0 Å². The molecule has 0 saturated carbocycles. The molecule has 0 bridgehead atoms. The van der Waals surface area contributed by atoms with Gasteiger partial charge in [-0.2, -0.15) is 0 Å². The van der Waals surface area contributed by atoms with E-state index in [0.29, 0.717) is 12.1 Å². The lowest BCUT2D eigenvalue weighted by molar-refractivity contribution is -0.128. The monoisotopic (exact) mass is 353 g/mol. The van der Waals surface area contributed by atoms with Crippen molar-refractivity contribution in [1.82, 2.24) is 15.5 Å². The van der Waals surface area contributed by atoms with Crippen LogP contribution in [0.5, 0.6) is 0 Å². The van der Waals surface area contributed by atoms with Gasteiger partial charge in [-0.15, -0.1) is 12.4 Å². The third-order valence-electron chi connectivity index (χ3n) is 3.96. The zero-order valence-electron chi connectivity index (χ0n) is 14.7. The normalized spacial score (nSPS) is 15.2. The third-order valence-corrected chi connectivity index (χ3v) is 3.96. The van der Waals surface area contributed by atoms with E-state index in [1.165, 1.54) is 0 Å². The van der Waals surface area contributed by atoms with Crippen LogP contribution in [0.1, 0.15) is 43.1 Å². The third kappa shape index (κ3) is 5.80. The van der Waals surface area contributed by atoms with Crippen LogP contribution in [0.15, 0.2) is 24.3 Å². The molecule has 0 unspecified atom stereocenters. The highest BCUT2D eigenvalue weighted by atomic mass is 35.5. The van der Waals surface area contributed by atoms with E-state index in [1.54, 1.807) is 0 Å². The van der Waals surface area contributed by atoms with Crippen molar-refractivity contribution < 1.29 is 9.59 Å². The molecule has 1 aliphatic heterocycles. The summed E-state index contributed by atoms with van der Waals surface area (Å²) < 4.78 is 0. The predicted molar refractivity (Wildman–Crippen MR) is 98.4 cm³/mol. The van der Waals surface area contributed by atoms with Crippen molar-refractivity contribution in [2.24, 2.45) is 5.41 Å². The first-order chi connectivity index (χ1) is 10.9. The standard InChI is InChI=1S/C18H27N3O2.ClH/c1-18(2,3)17(23)20-13-14-5-7-15(8-6-14)16(22)21-11-4-9-19-10-12-21;/h5-8,19H,4,9-13H2,1-3H3,(H,20,23);1H. The van der Waals surface area contributed by atoms with Gasteiger partial charge in [-0.1, -0.05) is 32.9 Å². The van der Waals surface area contributed by atoms with Gasteiger partial charge in [0.15, 0.2) is 0 Å². The first kappa shape index (κ1) is 20.5. The van der Waals surface area contributed by atoms with Crippen molar-refractivity contribution >= 4 is 24.2 Å². The molecule has 6 heteroatoms. The lowest BCUT2D eigenvalue weighted by Crippen LogP contribution is -2.34. The van der Waals surface area contributed by atoms with Gasteiger partial charge in [0.2, 0.25) is 5.91 Å². The second kappa shape index (κ2) is 9.04. The Hall–Kier alpha value is -1.59. The Morgan fingerprint density at radius 1 is 1.12 bits per heavy atom. The number of nitrogens with zero attached hydrogens (tertiary/aromatic N) is 1. The van der Waals surface area contributed by atoms with Crippen LogP contribution < -0.4 is 10.6 Å². The fourth-order valence-electron chi connectivity index (χ4n) is 2.44. The highest BCUT2D eigenvalue weighted by Gasteiger charge is 2.20. The lowest BCUT2D eigenvalue weighted by Gasteiger charge is -2.20. The number of hydrogen-bond acceptors (Lipinski definition) is 3. The summed E-state index contributed by atoms with van der Waals surface area (Å²) in [6.45, 7) is 9.52. The predicted octanol–water partition coefficient (Wildman–Crippen LogP) is 2.21. The number of hydrogen-bond donors (Lipinski definition) is 2. The second-order valence-corrected chi connectivity index (χ2v) is 7.03.